The molecule has 0 atom stereocenters. The first kappa shape index (κ1) is 17.0. The van der Waals surface area contributed by atoms with Crippen molar-refractivity contribution in [2.45, 2.75) is 13.5 Å². The molecular weight excluding hydrogens is 338 g/mol. The van der Waals surface area contributed by atoms with Crippen LogP contribution in [0.1, 0.15) is 11.1 Å². The van der Waals surface area contributed by atoms with E-state index in [9.17, 15) is 4.79 Å². The molecular formula is C19H18ClN3O2. The van der Waals surface area contributed by atoms with Crippen LogP contribution in [0.15, 0.2) is 59.7 Å². The lowest BCUT2D eigenvalue weighted by Gasteiger charge is -2.11. The van der Waals surface area contributed by atoms with E-state index < -0.39 is 0 Å². The fraction of sp³-hybridized carbons (Fsp3) is 0.158. The maximum atomic E-state index is 12.7. The van der Waals surface area contributed by atoms with Crippen molar-refractivity contribution < 1.29 is 4.74 Å². The summed E-state index contributed by atoms with van der Waals surface area (Å²) in [5.74, 6) is 0.847. The molecule has 0 aliphatic rings. The Bertz CT molecular complexity index is 936. The van der Waals surface area contributed by atoms with Crippen LogP contribution in [0.4, 0.5) is 5.82 Å². The summed E-state index contributed by atoms with van der Waals surface area (Å²) in [5.41, 5.74) is 2.68. The highest BCUT2D eigenvalue weighted by atomic mass is 35.5. The number of anilines is 1. The lowest BCUT2D eigenvalue weighted by molar-refractivity contribution is 0.415. The van der Waals surface area contributed by atoms with Gasteiger partial charge in [-0.1, -0.05) is 41.4 Å². The summed E-state index contributed by atoms with van der Waals surface area (Å²) < 4.78 is 6.64. The standard InChI is InChI=1S/C19H18ClN3O2/c1-13-3-5-14(6-4-13)12-22-18-19(24)23(10-9-21-18)15-7-8-17(25-2)16(20)11-15/h3-11H,12H2,1-2H3,(H,21,22). The van der Waals surface area contributed by atoms with E-state index >= 15 is 0 Å². The zero-order valence-corrected chi connectivity index (χ0v) is 14.7. The Morgan fingerprint density at radius 3 is 2.64 bits per heavy atom. The van der Waals surface area contributed by atoms with Crippen LogP contribution in [0.2, 0.25) is 5.02 Å². The molecule has 25 heavy (non-hydrogen) atoms. The van der Waals surface area contributed by atoms with E-state index in [2.05, 4.69) is 10.3 Å². The number of methoxy groups -OCH3 is 1. The first-order valence-electron chi connectivity index (χ1n) is 7.79. The molecule has 0 fully saturated rings. The van der Waals surface area contributed by atoms with Gasteiger partial charge in [0.05, 0.1) is 17.8 Å². The van der Waals surface area contributed by atoms with Crippen molar-refractivity contribution in [1.82, 2.24) is 9.55 Å². The number of ether oxygens (including phenoxy) is 1. The normalized spacial score (nSPS) is 10.5. The van der Waals surface area contributed by atoms with Crippen molar-refractivity contribution in [1.29, 1.82) is 0 Å². The summed E-state index contributed by atoms with van der Waals surface area (Å²) in [4.78, 5) is 16.8. The SMILES string of the molecule is COc1ccc(-n2ccnc(NCc3ccc(C)cc3)c2=O)cc1Cl. The number of rotatable bonds is 5. The second-order valence-corrected chi connectivity index (χ2v) is 6.02. The Labute approximate surface area is 150 Å². The van der Waals surface area contributed by atoms with Crippen LogP contribution in [0, 0.1) is 6.92 Å². The number of aromatic nitrogens is 2. The Balaban J connectivity index is 1.86. The van der Waals surface area contributed by atoms with Gasteiger partial charge < -0.3 is 10.1 Å². The molecule has 0 saturated heterocycles. The molecule has 0 aliphatic heterocycles. The quantitative estimate of drug-likeness (QED) is 0.756. The van der Waals surface area contributed by atoms with E-state index in [1.165, 1.54) is 10.1 Å². The molecule has 1 heterocycles. The number of aryl methyl sites for hydroxylation is 1. The maximum absolute atomic E-state index is 12.7. The summed E-state index contributed by atoms with van der Waals surface area (Å²) in [7, 11) is 1.55. The van der Waals surface area contributed by atoms with Gasteiger partial charge in [-0.3, -0.25) is 9.36 Å². The van der Waals surface area contributed by atoms with Gasteiger partial charge in [0.2, 0.25) is 0 Å². The molecule has 128 valence electrons. The van der Waals surface area contributed by atoms with Crippen molar-refractivity contribution in [2.24, 2.45) is 0 Å². The molecule has 6 heteroatoms. The van der Waals surface area contributed by atoms with Gasteiger partial charge in [0, 0.05) is 18.9 Å². The van der Waals surface area contributed by atoms with Crippen molar-refractivity contribution in [3.63, 3.8) is 0 Å². The third-order valence-electron chi connectivity index (χ3n) is 3.83. The number of nitrogens with zero attached hydrogens (tertiary/aromatic N) is 2. The van der Waals surface area contributed by atoms with Crippen LogP contribution in [0.5, 0.6) is 5.75 Å². The molecule has 1 aromatic heterocycles. The van der Waals surface area contributed by atoms with Gasteiger partial charge in [0.1, 0.15) is 5.75 Å². The molecule has 2 aromatic carbocycles. The molecule has 0 amide bonds. The first-order valence-corrected chi connectivity index (χ1v) is 8.17. The van der Waals surface area contributed by atoms with Gasteiger partial charge in [-0.15, -0.1) is 0 Å². The lowest BCUT2D eigenvalue weighted by Crippen LogP contribution is -2.23. The summed E-state index contributed by atoms with van der Waals surface area (Å²) in [6, 6.07) is 13.3. The highest BCUT2D eigenvalue weighted by Gasteiger charge is 2.09. The van der Waals surface area contributed by atoms with Crippen molar-refractivity contribution in [3.8, 4) is 11.4 Å². The van der Waals surface area contributed by atoms with E-state index in [-0.39, 0.29) is 11.4 Å². The summed E-state index contributed by atoms with van der Waals surface area (Å²) >= 11 is 6.15. The molecule has 0 unspecified atom stereocenters. The summed E-state index contributed by atoms with van der Waals surface area (Å²) in [5, 5.41) is 3.54. The molecule has 3 aromatic rings. The number of benzene rings is 2. The number of halogens is 1. The molecule has 0 saturated carbocycles. The predicted octanol–water partition coefficient (Wildman–Crippen LogP) is 3.82. The van der Waals surface area contributed by atoms with Gasteiger partial charge in [-0.05, 0) is 30.7 Å². The first-order chi connectivity index (χ1) is 12.1. The number of hydrogen-bond donors (Lipinski definition) is 1. The average Bonchev–Trinajstić information content (AvgIpc) is 2.62. The van der Waals surface area contributed by atoms with Crippen LogP contribution in [-0.2, 0) is 6.54 Å². The van der Waals surface area contributed by atoms with Gasteiger partial charge >= 0.3 is 0 Å². The molecule has 1 N–H and O–H groups in total. The van der Waals surface area contributed by atoms with Crippen molar-refractivity contribution >= 4 is 17.4 Å². The van der Waals surface area contributed by atoms with Gasteiger partial charge in [0.25, 0.3) is 5.56 Å². The minimum absolute atomic E-state index is 0.240. The second kappa shape index (κ2) is 7.40. The Kier molecular flexibility index (Phi) is 5.05. The number of nitrogens with one attached hydrogen (secondary N) is 1. The minimum Gasteiger partial charge on any atom is -0.495 e. The molecule has 0 radical (unpaired) electrons. The van der Waals surface area contributed by atoms with E-state index in [1.807, 2.05) is 31.2 Å². The smallest absolute Gasteiger partial charge is 0.297 e. The van der Waals surface area contributed by atoms with Crippen molar-refractivity contribution in [3.05, 3.63) is 81.4 Å². The second-order valence-electron chi connectivity index (χ2n) is 5.61. The lowest BCUT2D eigenvalue weighted by atomic mass is 10.1. The average molecular weight is 356 g/mol. The van der Waals surface area contributed by atoms with Crippen LogP contribution >= 0.6 is 11.6 Å². The Hall–Kier alpha value is -2.79. The van der Waals surface area contributed by atoms with E-state index in [0.29, 0.717) is 23.0 Å². The molecule has 0 spiro atoms. The van der Waals surface area contributed by atoms with Crippen LogP contribution in [-0.4, -0.2) is 16.7 Å². The van der Waals surface area contributed by atoms with Crippen LogP contribution < -0.4 is 15.6 Å². The maximum Gasteiger partial charge on any atom is 0.297 e. The van der Waals surface area contributed by atoms with Crippen molar-refractivity contribution in [2.75, 3.05) is 12.4 Å². The summed E-state index contributed by atoms with van der Waals surface area (Å²) in [6.07, 6.45) is 3.19. The fourth-order valence-corrected chi connectivity index (χ4v) is 2.68. The Morgan fingerprint density at radius 2 is 1.96 bits per heavy atom. The zero-order chi connectivity index (χ0) is 17.8. The highest BCUT2D eigenvalue weighted by molar-refractivity contribution is 6.32. The summed E-state index contributed by atoms with van der Waals surface area (Å²) in [6.45, 7) is 2.56. The monoisotopic (exact) mass is 355 g/mol. The topological polar surface area (TPSA) is 56.1 Å². The third kappa shape index (κ3) is 3.83. The van der Waals surface area contributed by atoms with Gasteiger partial charge in [-0.25, -0.2) is 4.98 Å². The molecule has 0 aliphatic carbocycles. The third-order valence-corrected chi connectivity index (χ3v) is 4.13. The van der Waals surface area contributed by atoms with Gasteiger partial charge in [-0.2, -0.15) is 0 Å². The minimum atomic E-state index is -0.240. The fourth-order valence-electron chi connectivity index (χ4n) is 2.43. The highest BCUT2D eigenvalue weighted by Crippen LogP contribution is 2.26. The van der Waals surface area contributed by atoms with E-state index in [1.54, 1.807) is 37.7 Å². The molecule has 0 bridgehead atoms. The molecule has 5 nitrogen and oxygen atoms in total. The predicted molar refractivity (Wildman–Crippen MR) is 99.9 cm³/mol. The largest absolute Gasteiger partial charge is 0.495 e. The van der Waals surface area contributed by atoms with Crippen LogP contribution in [0.25, 0.3) is 5.69 Å². The van der Waals surface area contributed by atoms with E-state index in [0.717, 1.165) is 5.56 Å². The Morgan fingerprint density at radius 1 is 1.20 bits per heavy atom. The molecule has 3 rings (SSSR count). The van der Waals surface area contributed by atoms with Gasteiger partial charge in [0.15, 0.2) is 5.82 Å². The number of hydrogen-bond acceptors (Lipinski definition) is 4. The van der Waals surface area contributed by atoms with Crippen LogP contribution in [0.3, 0.4) is 0 Å². The van der Waals surface area contributed by atoms with E-state index in [4.69, 9.17) is 16.3 Å². The zero-order valence-electron chi connectivity index (χ0n) is 14.0.